The summed E-state index contributed by atoms with van der Waals surface area (Å²) in [5, 5.41) is 23.9. The molecule has 0 bridgehead atoms. The average Bonchev–Trinajstić information content (AvgIpc) is 2.71. The van der Waals surface area contributed by atoms with Gasteiger partial charge in [-0.25, -0.2) is 9.97 Å². The molecule has 2 aromatic carbocycles. The summed E-state index contributed by atoms with van der Waals surface area (Å²) in [5.41, 5.74) is 1.40. The molecule has 5 rings (SSSR count). The lowest BCUT2D eigenvalue weighted by Crippen LogP contribution is -1.99. The van der Waals surface area contributed by atoms with Crippen molar-refractivity contribution in [3.05, 3.63) is 69.0 Å². The van der Waals surface area contributed by atoms with Crippen LogP contribution in [-0.4, -0.2) is 29.8 Å². The SMILES string of the molecule is O=[N+]([O-])c1cc2nc3c4cccnc4c4ncccc4c3nc2cc1[N+](=O)[O-]. The van der Waals surface area contributed by atoms with E-state index in [1.165, 1.54) is 0 Å². The summed E-state index contributed by atoms with van der Waals surface area (Å²) in [4.78, 5) is 38.8. The highest BCUT2D eigenvalue weighted by molar-refractivity contribution is 6.21. The Bertz CT molecular complexity index is 1370. The van der Waals surface area contributed by atoms with E-state index in [1.807, 2.05) is 12.1 Å². The fraction of sp³-hybridized carbons (Fsp3) is 0. The fourth-order valence-corrected chi connectivity index (χ4v) is 3.32. The van der Waals surface area contributed by atoms with Crippen molar-refractivity contribution in [3.63, 3.8) is 0 Å². The van der Waals surface area contributed by atoms with Gasteiger partial charge in [0.2, 0.25) is 0 Å². The van der Waals surface area contributed by atoms with E-state index in [-0.39, 0.29) is 11.0 Å². The van der Waals surface area contributed by atoms with Gasteiger partial charge in [-0.05, 0) is 24.3 Å². The van der Waals surface area contributed by atoms with Gasteiger partial charge in [0.1, 0.15) is 0 Å². The Labute approximate surface area is 154 Å². The average molecular weight is 372 g/mol. The maximum absolute atomic E-state index is 11.3. The highest BCUT2D eigenvalue weighted by Gasteiger charge is 2.26. The molecule has 0 atom stereocenters. The van der Waals surface area contributed by atoms with E-state index < -0.39 is 21.2 Å². The highest BCUT2D eigenvalue weighted by atomic mass is 16.6. The minimum Gasteiger partial charge on any atom is -0.258 e. The minimum absolute atomic E-state index is 0.193. The lowest BCUT2D eigenvalue weighted by molar-refractivity contribution is -0.422. The van der Waals surface area contributed by atoms with Crippen LogP contribution in [0.3, 0.4) is 0 Å². The highest BCUT2D eigenvalue weighted by Crippen LogP contribution is 2.35. The van der Waals surface area contributed by atoms with Gasteiger partial charge in [0.25, 0.3) is 0 Å². The summed E-state index contributed by atoms with van der Waals surface area (Å²) < 4.78 is 0. The number of nitro groups is 2. The first-order chi connectivity index (χ1) is 13.5. The van der Waals surface area contributed by atoms with Crippen molar-refractivity contribution in [2.45, 2.75) is 0 Å². The molecule has 0 aliphatic heterocycles. The Morgan fingerprint density at radius 3 is 1.50 bits per heavy atom. The van der Waals surface area contributed by atoms with Gasteiger partial charge < -0.3 is 0 Å². The quantitative estimate of drug-likeness (QED) is 0.198. The zero-order chi connectivity index (χ0) is 19.4. The number of nitrogens with zero attached hydrogens (tertiary/aromatic N) is 6. The third-order valence-electron chi connectivity index (χ3n) is 4.50. The van der Waals surface area contributed by atoms with Crippen LogP contribution in [0, 0.1) is 20.2 Å². The lowest BCUT2D eigenvalue weighted by atomic mass is 10.1. The predicted molar refractivity (Wildman–Crippen MR) is 101 cm³/mol. The second kappa shape index (κ2) is 5.58. The Morgan fingerprint density at radius 1 is 0.679 bits per heavy atom. The van der Waals surface area contributed by atoms with Gasteiger partial charge in [0, 0.05) is 23.2 Å². The van der Waals surface area contributed by atoms with E-state index in [0.717, 1.165) is 12.1 Å². The van der Waals surface area contributed by atoms with Crippen LogP contribution >= 0.6 is 0 Å². The number of rotatable bonds is 2. The van der Waals surface area contributed by atoms with Crippen LogP contribution in [0.4, 0.5) is 11.4 Å². The Morgan fingerprint density at radius 2 is 1.11 bits per heavy atom. The Kier molecular flexibility index (Phi) is 3.16. The van der Waals surface area contributed by atoms with E-state index >= 15 is 0 Å². The molecule has 0 spiro atoms. The molecular weight excluding hydrogens is 364 g/mol. The largest absolute Gasteiger partial charge is 0.348 e. The number of nitro benzene ring substituents is 2. The Balaban J connectivity index is 2.03. The number of pyridine rings is 2. The van der Waals surface area contributed by atoms with Crippen LogP contribution in [0.2, 0.25) is 0 Å². The van der Waals surface area contributed by atoms with Crippen LogP contribution in [0.15, 0.2) is 48.8 Å². The summed E-state index contributed by atoms with van der Waals surface area (Å²) in [6.45, 7) is 0. The lowest BCUT2D eigenvalue weighted by Gasteiger charge is -2.08. The van der Waals surface area contributed by atoms with Gasteiger partial charge in [-0.2, -0.15) is 0 Å². The number of aromatic nitrogens is 4. The van der Waals surface area contributed by atoms with Crippen molar-refractivity contribution in [2.75, 3.05) is 0 Å². The van der Waals surface area contributed by atoms with Crippen molar-refractivity contribution in [1.82, 2.24) is 19.9 Å². The zero-order valence-electron chi connectivity index (χ0n) is 13.9. The molecule has 0 N–H and O–H groups in total. The Hall–Kier alpha value is -4.34. The molecule has 10 nitrogen and oxygen atoms in total. The molecule has 5 aromatic rings. The van der Waals surface area contributed by atoms with Gasteiger partial charge in [0.05, 0.1) is 55.1 Å². The molecule has 0 aliphatic carbocycles. The summed E-state index contributed by atoms with van der Waals surface area (Å²) >= 11 is 0. The number of hydrogen-bond donors (Lipinski definition) is 0. The molecule has 0 aliphatic rings. The van der Waals surface area contributed by atoms with E-state index in [0.29, 0.717) is 32.8 Å². The van der Waals surface area contributed by atoms with E-state index in [1.54, 1.807) is 24.5 Å². The smallest absolute Gasteiger partial charge is 0.258 e. The molecule has 0 amide bonds. The molecule has 134 valence electrons. The second-order valence-corrected chi connectivity index (χ2v) is 6.06. The second-order valence-electron chi connectivity index (χ2n) is 6.06. The van der Waals surface area contributed by atoms with Crippen LogP contribution in [-0.2, 0) is 0 Å². The van der Waals surface area contributed by atoms with Crippen molar-refractivity contribution < 1.29 is 9.85 Å². The van der Waals surface area contributed by atoms with Crippen LogP contribution < -0.4 is 0 Å². The van der Waals surface area contributed by atoms with Crippen molar-refractivity contribution in [2.24, 2.45) is 0 Å². The molecular formula is C18H8N6O4. The summed E-state index contributed by atoms with van der Waals surface area (Å²) in [5.74, 6) is 0. The summed E-state index contributed by atoms with van der Waals surface area (Å²) in [6.07, 6.45) is 3.29. The number of benzene rings is 2. The van der Waals surface area contributed by atoms with Crippen LogP contribution in [0.1, 0.15) is 0 Å². The molecule has 28 heavy (non-hydrogen) atoms. The van der Waals surface area contributed by atoms with Gasteiger partial charge in [-0.1, -0.05) is 0 Å². The topological polar surface area (TPSA) is 138 Å². The first-order valence-corrected chi connectivity index (χ1v) is 8.10. The van der Waals surface area contributed by atoms with Gasteiger partial charge in [-0.15, -0.1) is 0 Å². The molecule has 0 fully saturated rings. The zero-order valence-corrected chi connectivity index (χ0v) is 13.9. The van der Waals surface area contributed by atoms with Crippen molar-refractivity contribution in [1.29, 1.82) is 0 Å². The van der Waals surface area contributed by atoms with Crippen molar-refractivity contribution in [3.8, 4) is 0 Å². The molecule has 0 saturated carbocycles. The van der Waals surface area contributed by atoms with Gasteiger partial charge >= 0.3 is 11.4 Å². The fourth-order valence-electron chi connectivity index (χ4n) is 3.32. The molecule has 3 aromatic heterocycles. The minimum atomic E-state index is -0.798. The summed E-state index contributed by atoms with van der Waals surface area (Å²) in [6, 6.07) is 9.30. The third kappa shape index (κ3) is 2.14. The molecule has 0 saturated heterocycles. The normalized spacial score (nSPS) is 11.4. The molecule has 0 radical (unpaired) electrons. The van der Waals surface area contributed by atoms with E-state index in [4.69, 9.17) is 0 Å². The van der Waals surface area contributed by atoms with Crippen LogP contribution in [0.25, 0.3) is 43.9 Å². The van der Waals surface area contributed by atoms with E-state index in [2.05, 4.69) is 19.9 Å². The van der Waals surface area contributed by atoms with Gasteiger partial charge in [-0.3, -0.25) is 30.2 Å². The molecule has 3 heterocycles. The summed E-state index contributed by atoms with van der Waals surface area (Å²) in [7, 11) is 0. The first kappa shape index (κ1) is 15.9. The predicted octanol–water partition coefficient (Wildman–Crippen LogP) is 3.70. The van der Waals surface area contributed by atoms with Gasteiger partial charge in [0.15, 0.2) is 0 Å². The van der Waals surface area contributed by atoms with Crippen LogP contribution in [0.5, 0.6) is 0 Å². The molecule has 0 unspecified atom stereocenters. The monoisotopic (exact) mass is 372 g/mol. The van der Waals surface area contributed by atoms with Crippen molar-refractivity contribution >= 4 is 55.2 Å². The standard InChI is InChI=1S/C18H8N6O4/c25-23(26)13-7-11-12(8-14(13)24(27)28)22-18-10-4-2-6-20-16(10)15-9(17(18)21-11)3-1-5-19-15/h1-8H. The molecule has 10 heteroatoms. The maximum Gasteiger partial charge on any atom is 0.348 e. The number of hydrogen-bond acceptors (Lipinski definition) is 8. The number of fused-ring (bicyclic) bond motifs is 7. The third-order valence-corrected chi connectivity index (χ3v) is 4.50. The van der Waals surface area contributed by atoms with E-state index in [9.17, 15) is 20.2 Å². The first-order valence-electron chi connectivity index (χ1n) is 8.10. The maximum atomic E-state index is 11.3.